The Morgan fingerprint density at radius 3 is 2.73 bits per heavy atom. The standard InChI is InChI=1S/C14H18ClN3O4/c1-9(14(19)17-6-4-11(16)5-7-17)22-13-3-2-10(15)8-12(13)18(20)21/h2-3,8-9,11H,4-7,16H2,1H3. The van der Waals surface area contributed by atoms with E-state index in [0.29, 0.717) is 13.1 Å². The second kappa shape index (κ2) is 6.93. The van der Waals surface area contributed by atoms with Crippen LogP contribution in [0.2, 0.25) is 5.02 Å². The lowest BCUT2D eigenvalue weighted by Gasteiger charge is -2.32. The average molecular weight is 328 g/mol. The zero-order valence-electron chi connectivity index (χ0n) is 12.2. The van der Waals surface area contributed by atoms with E-state index in [1.54, 1.807) is 11.8 Å². The molecule has 1 fully saturated rings. The van der Waals surface area contributed by atoms with Gasteiger partial charge in [0.25, 0.3) is 5.91 Å². The van der Waals surface area contributed by atoms with Gasteiger partial charge < -0.3 is 15.4 Å². The van der Waals surface area contributed by atoms with Crippen molar-refractivity contribution in [2.24, 2.45) is 5.73 Å². The monoisotopic (exact) mass is 327 g/mol. The van der Waals surface area contributed by atoms with Crippen molar-refractivity contribution in [3.63, 3.8) is 0 Å². The molecule has 1 aromatic rings. The number of carbonyl (C=O) groups excluding carboxylic acids is 1. The van der Waals surface area contributed by atoms with Crippen molar-refractivity contribution in [2.75, 3.05) is 13.1 Å². The molecule has 1 unspecified atom stereocenters. The topological polar surface area (TPSA) is 98.7 Å². The van der Waals surface area contributed by atoms with Crippen LogP contribution in [0.5, 0.6) is 5.75 Å². The molecule has 8 heteroatoms. The molecule has 120 valence electrons. The molecule has 0 saturated carbocycles. The number of amides is 1. The Balaban J connectivity index is 2.07. The van der Waals surface area contributed by atoms with Crippen LogP contribution in [-0.4, -0.2) is 41.0 Å². The van der Waals surface area contributed by atoms with Gasteiger partial charge in [-0.1, -0.05) is 11.6 Å². The van der Waals surface area contributed by atoms with Gasteiger partial charge in [-0.3, -0.25) is 14.9 Å². The predicted molar refractivity (Wildman–Crippen MR) is 82.0 cm³/mol. The van der Waals surface area contributed by atoms with Crippen LogP contribution in [0.25, 0.3) is 0 Å². The molecule has 1 aliphatic rings. The summed E-state index contributed by atoms with van der Waals surface area (Å²) in [5, 5.41) is 11.3. The number of piperidine rings is 1. The zero-order valence-corrected chi connectivity index (χ0v) is 13.0. The molecular weight excluding hydrogens is 310 g/mol. The maximum atomic E-state index is 12.3. The van der Waals surface area contributed by atoms with E-state index in [0.717, 1.165) is 12.8 Å². The third-order valence-corrected chi connectivity index (χ3v) is 3.86. The summed E-state index contributed by atoms with van der Waals surface area (Å²) in [7, 11) is 0. The van der Waals surface area contributed by atoms with E-state index in [1.807, 2.05) is 0 Å². The van der Waals surface area contributed by atoms with Gasteiger partial charge in [-0.2, -0.15) is 0 Å². The maximum Gasteiger partial charge on any atom is 0.312 e. The van der Waals surface area contributed by atoms with Crippen molar-refractivity contribution in [2.45, 2.75) is 31.9 Å². The lowest BCUT2D eigenvalue weighted by Crippen LogP contribution is -2.47. The molecule has 7 nitrogen and oxygen atoms in total. The van der Waals surface area contributed by atoms with Crippen molar-refractivity contribution < 1.29 is 14.5 Å². The van der Waals surface area contributed by atoms with Crippen LogP contribution >= 0.6 is 11.6 Å². The molecule has 2 N–H and O–H groups in total. The highest BCUT2D eigenvalue weighted by Gasteiger charge is 2.27. The molecule has 1 amide bonds. The van der Waals surface area contributed by atoms with Gasteiger partial charge in [0.15, 0.2) is 11.9 Å². The number of nitro benzene ring substituents is 1. The first-order valence-corrected chi connectivity index (χ1v) is 7.41. The van der Waals surface area contributed by atoms with Crippen LogP contribution in [-0.2, 0) is 4.79 Å². The molecule has 0 radical (unpaired) electrons. The Morgan fingerprint density at radius 2 is 2.14 bits per heavy atom. The minimum Gasteiger partial charge on any atom is -0.474 e. The number of hydrogen-bond donors (Lipinski definition) is 1. The van der Waals surface area contributed by atoms with Crippen molar-refractivity contribution >= 4 is 23.2 Å². The van der Waals surface area contributed by atoms with E-state index >= 15 is 0 Å². The highest BCUT2D eigenvalue weighted by molar-refractivity contribution is 6.30. The molecule has 1 saturated heterocycles. The summed E-state index contributed by atoms with van der Waals surface area (Å²) in [5.41, 5.74) is 5.55. The number of ether oxygens (including phenoxy) is 1. The number of likely N-dealkylation sites (tertiary alicyclic amines) is 1. The first kappa shape index (κ1) is 16.5. The summed E-state index contributed by atoms with van der Waals surface area (Å²) in [5.74, 6) is -0.167. The third kappa shape index (κ3) is 3.86. The van der Waals surface area contributed by atoms with Crippen LogP contribution < -0.4 is 10.5 Å². The molecule has 1 aliphatic heterocycles. The fraction of sp³-hybridized carbons (Fsp3) is 0.500. The van der Waals surface area contributed by atoms with E-state index in [-0.39, 0.29) is 28.4 Å². The second-order valence-corrected chi connectivity index (χ2v) is 5.73. The largest absolute Gasteiger partial charge is 0.474 e. The summed E-state index contributed by atoms with van der Waals surface area (Å²) >= 11 is 5.75. The van der Waals surface area contributed by atoms with Crippen molar-refractivity contribution in [1.82, 2.24) is 4.90 Å². The van der Waals surface area contributed by atoms with Crippen molar-refractivity contribution in [3.05, 3.63) is 33.3 Å². The van der Waals surface area contributed by atoms with Gasteiger partial charge >= 0.3 is 5.69 Å². The molecule has 0 bridgehead atoms. The Kier molecular flexibility index (Phi) is 5.20. The molecule has 2 rings (SSSR count). The van der Waals surface area contributed by atoms with Gasteiger partial charge in [0.2, 0.25) is 0 Å². The first-order chi connectivity index (χ1) is 10.4. The molecular formula is C14H18ClN3O4. The number of nitrogens with two attached hydrogens (primary N) is 1. The molecule has 0 aromatic heterocycles. The number of benzene rings is 1. The van der Waals surface area contributed by atoms with Crippen LogP contribution in [0.1, 0.15) is 19.8 Å². The maximum absolute atomic E-state index is 12.3. The third-order valence-electron chi connectivity index (χ3n) is 3.62. The summed E-state index contributed by atoms with van der Waals surface area (Å²) in [6.07, 6.45) is 0.688. The van der Waals surface area contributed by atoms with E-state index < -0.39 is 11.0 Å². The van der Waals surface area contributed by atoms with Crippen molar-refractivity contribution in [3.8, 4) is 5.75 Å². The highest BCUT2D eigenvalue weighted by Crippen LogP contribution is 2.30. The fourth-order valence-electron chi connectivity index (χ4n) is 2.35. The van der Waals surface area contributed by atoms with E-state index in [4.69, 9.17) is 22.1 Å². The number of rotatable bonds is 4. The van der Waals surface area contributed by atoms with Gasteiger partial charge in [-0.25, -0.2) is 0 Å². The first-order valence-electron chi connectivity index (χ1n) is 7.03. The minimum absolute atomic E-state index is 0.0314. The number of hydrogen-bond acceptors (Lipinski definition) is 5. The zero-order chi connectivity index (χ0) is 16.3. The summed E-state index contributed by atoms with van der Waals surface area (Å²) in [6, 6.07) is 4.21. The van der Waals surface area contributed by atoms with E-state index in [9.17, 15) is 14.9 Å². The summed E-state index contributed by atoms with van der Waals surface area (Å²) in [6.45, 7) is 2.74. The molecule has 1 aromatic carbocycles. The quantitative estimate of drug-likeness (QED) is 0.673. The Labute approximate surface area is 133 Å². The van der Waals surface area contributed by atoms with Crippen molar-refractivity contribution in [1.29, 1.82) is 0 Å². The smallest absolute Gasteiger partial charge is 0.312 e. The predicted octanol–water partition coefficient (Wildman–Crippen LogP) is 1.97. The van der Waals surface area contributed by atoms with Crippen LogP contribution in [0.4, 0.5) is 5.69 Å². The van der Waals surface area contributed by atoms with Crippen LogP contribution in [0.15, 0.2) is 18.2 Å². The van der Waals surface area contributed by atoms with Gasteiger partial charge in [-0.05, 0) is 31.9 Å². The molecule has 22 heavy (non-hydrogen) atoms. The van der Waals surface area contributed by atoms with Gasteiger partial charge in [0.05, 0.1) is 4.92 Å². The van der Waals surface area contributed by atoms with Gasteiger partial charge in [-0.15, -0.1) is 0 Å². The van der Waals surface area contributed by atoms with E-state index in [1.165, 1.54) is 18.2 Å². The lowest BCUT2D eigenvalue weighted by atomic mass is 10.1. The lowest BCUT2D eigenvalue weighted by molar-refractivity contribution is -0.386. The normalized spacial score (nSPS) is 17.1. The minimum atomic E-state index is -0.811. The van der Waals surface area contributed by atoms with E-state index in [2.05, 4.69) is 0 Å². The van der Waals surface area contributed by atoms with Gasteiger partial charge in [0, 0.05) is 30.2 Å². The molecule has 0 spiro atoms. The number of halogens is 1. The summed E-state index contributed by atoms with van der Waals surface area (Å²) in [4.78, 5) is 24.4. The second-order valence-electron chi connectivity index (χ2n) is 5.29. The van der Waals surface area contributed by atoms with Crippen LogP contribution in [0.3, 0.4) is 0 Å². The molecule has 1 heterocycles. The number of carbonyl (C=O) groups is 1. The van der Waals surface area contributed by atoms with Crippen LogP contribution in [0, 0.1) is 10.1 Å². The number of nitrogens with zero attached hydrogens (tertiary/aromatic N) is 2. The number of nitro groups is 1. The Morgan fingerprint density at radius 1 is 1.50 bits per heavy atom. The highest BCUT2D eigenvalue weighted by atomic mass is 35.5. The SMILES string of the molecule is CC(Oc1ccc(Cl)cc1[N+](=O)[O-])C(=O)N1CCC(N)CC1. The molecule has 1 atom stereocenters. The summed E-state index contributed by atoms with van der Waals surface area (Å²) < 4.78 is 5.48. The average Bonchev–Trinajstić information content (AvgIpc) is 2.48. The fourth-order valence-corrected chi connectivity index (χ4v) is 2.52. The van der Waals surface area contributed by atoms with Gasteiger partial charge in [0.1, 0.15) is 0 Å². The Bertz CT molecular complexity index is 573. The molecule has 0 aliphatic carbocycles. The Hall–Kier alpha value is -1.86.